The van der Waals surface area contributed by atoms with Crippen LogP contribution in [0.15, 0.2) is 65.9 Å². The number of rotatable bonds is 7. The van der Waals surface area contributed by atoms with Gasteiger partial charge in [0.15, 0.2) is 0 Å². The Morgan fingerprint density at radius 1 is 1.16 bits per heavy atom. The summed E-state index contributed by atoms with van der Waals surface area (Å²) in [7, 11) is 0. The first kappa shape index (κ1) is 23.2. The Morgan fingerprint density at radius 2 is 1.81 bits per heavy atom. The van der Waals surface area contributed by atoms with E-state index in [9.17, 15) is 18.8 Å². The van der Waals surface area contributed by atoms with Crippen LogP contribution in [0.3, 0.4) is 0 Å². The summed E-state index contributed by atoms with van der Waals surface area (Å²) < 4.78 is 19.7. The average Bonchev–Trinajstić information content (AvgIpc) is 2.77. The maximum absolute atomic E-state index is 14.5. The standard InChI is InChI=1S/C25H27FN2O4/c1-4-32-25(31)24-17(3)28(15-22(29)27-16(2)18-10-6-5-7-11-18)23(30)14-20(24)19-12-8-9-13-21(19)26/h5-13,16,20H,4,14-15H2,1-3H3,(H,27,29)/t16-,20-/m0/s1. The van der Waals surface area contributed by atoms with E-state index < -0.39 is 17.7 Å². The minimum absolute atomic E-state index is 0.131. The molecule has 2 atom stereocenters. The fourth-order valence-electron chi connectivity index (χ4n) is 3.96. The number of hydrogen-bond donors (Lipinski definition) is 1. The van der Waals surface area contributed by atoms with Crippen LogP contribution in [0.25, 0.3) is 0 Å². The average molecular weight is 438 g/mol. The van der Waals surface area contributed by atoms with E-state index in [2.05, 4.69) is 5.32 Å². The number of benzene rings is 2. The van der Waals surface area contributed by atoms with Crippen LogP contribution in [0, 0.1) is 5.82 Å². The van der Waals surface area contributed by atoms with E-state index in [1.54, 1.807) is 32.0 Å². The lowest BCUT2D eigenvalue weighted by Crippen LogP contribution is -2.44. The van der Waals surface area contributed by atoms with E-state index in [4.69, 9.17) is 4.74 Å². The van der Waals surface area contributed by atoms with E-state index in [0.717, 1.165) is 5.56 Å². The highest BCUT2D eigenvalue weighted by molar-refractivity contribution is 5.97. The molecule has 0 spiro atoms. The highest BCUT2D eigenvalue weighted by Crippen LogP contribution is 2.38. The number of hydrogen-bond acceptors (Lipinski definition) is 4. The van der Waals surface area contributed by atoms with Gasteiger partial charge in [-0.1, -0.05) is 48.5 Å². The molecule has 0 unspecified atom stereocenters. The van der Waals surface area contributed by atoms with Crippen LogP contribution in [0.5, 0.6) is 0 Å². The maximum atomic E-state index is 14.5. The molecular formula is C25H27FN2O4. The number of carbonyl (C=O) groups excluding carboxylic acids is 3. The van der Waals surface area contributed by atoms with Crippen LogP contribution < -0.4 is 5.32 Å². The molecule has 32 heavy (non-hydrogen) atoms. The number of halogens is 1. The molecule has 3 rings (SSSR count). The summed E-state index contributed by atoms with van der Waals surface area (Å²) >= 11 is 0. The zero-order valence-corrected chi connectivity index (χ0v) is 18.4. The Bertz CT molecular complexity index is 1040. The second-order valence-corrected chi connectivity index (χ2v) is 7.68. The Balaban J connectivity index is 1.88. The van der Waals surface area contributed by atoms with Crippen molar-refractivity contribution in [1.82, 2.24) is 10.2 Å². The molecule has 0 fully saturated rings. The van der Waals surface area contributed by atoms with Gasteiger partial charge in [0.05, 0.1) is 18.2 Å². The summed E-state index contributed by atoms with van der Waals surface area (Å²) in [5.41, 5.74) is 1.69. The largest absolute Gasteiger partial charge is 0.463 e. The molecule has 0 aromatic heterocycles. The molecule has 6 nitrogen and oxygen atoms in total. The lowest BCUT2D eigenvalue weighted by Gasteiger charge is -2.34. The number of carbonyl (C=O) groups is 3. The van der Waals surface area contributed by atoms with Crippen molar-refractivity contribution in [1.29, 1.82) is 0 Å². The molecule has 0 aliphatic carbocycles. The molecule has 0 bridgehead atoms. The molecule has 0 saturated carbocycles. The molecule has 168 valence electrons. The van der Waals surface area contributed by atoms with Gasteiger partial charge in [0.2, 0.25) is 11.8 Å². The maximum Gasteiger partial charge on any atom is 0.336 e. The predicted octanol–water partition coefficient (Wildman–Crippen LogP) is 3.86. The normalized spacial score (nSPS) is 17.2. The van der Waals surface area contributed by atoms with Gasteiger partial charge in [0, 0.05) is 18.0 Å². The zero-order chi connectivity index (χ0) is 23.3. The Kier molecular flexibility index (Phi) is 7.41. The molecular weight excluding hydrogens is 411 g/mol. The fourth-order valence-corrected chi connectivity index (χ4v) is 3.96. The van der Waals surface area contributed by atoms with Gasteiger partial charge in [0.25, 0.3) is 0 Å². The summed E-state index contributed by atoms with van der Waals surface area (Å²) in [5, 5.41) is 2.87. The third kappa shape index (κ3) is 5.04. The number of amides is 2. The van der Waals surface area contributed by atoms with E-state index in [-0.39, 0.29) is 48.6 Å². The number of allylic oxidation sites excluding steroid dienone is 1. The summed E-state index contributed by atoms with van der Waals surface area (Å²) in [4.78, 5) is 39.7. The molecule has 2 aromatic rings. The molecule has 1 aliphatic heterocycles. The summed E-state index contributed by atoms with van der Waals surface area (Å²) in [6.45, 7) is 5.02. The third-order valence-electron chi connectivity index (χ3n) is 5.58. The number of nitrogens with zero attached hydrogens (tertiary/aromatic N) is 1. The van der Waals surface area contributed by atoms with Gasteiger partial charge in [-0.05, 0) is 38.0 Å². The Labute approximate surface area is 187 Å². The van der Waals surface area contributed by atoms with E-state index in [1.165, 1.54) is 11.0 Å². The smallest absolute Gasteiger partial charge is 0.336 e. The quantitative estimate of drug-likeness (QED) is 0.666. The van der Waals surface area contributed by atoms with Crippen molar-refractivity contribution in [2.45, 2.75) is 39.2 Å². The van der Waals surface area contributed by atoms with Crippen molar-refractivity contribution in [2.75, 3.05) is 13.2 Å². The van der Waals surface area contributed by atoms with E-state index in [1.807, 2.05) is 37.3 Å². The van der Waals surface area contributed by atoms with Gasteiger partial charge in [-0.3, -0.25) is 9.59 Å². The Hall–Kier alpha value is -3.48. The van der Waals surface area contributed by atoms with Crippen molar-refractivity contribution in [2.24, 2.45) is 0 Å². The lowest BCUT2D eigenvalue weighted by molar-refractivity contribution is -0.141. The molecule has 2 amide bonds. The van der Waals surface area contributed by atoms with Crippen molar-refractivity contribution in [3.05, 3.63) is 82.8 Å². The van der Waals surface area contributed by atoms with E-state index >= 15 is 0 Å². The van der Waals surface area contributed by atoms with Gasteiger partial charge < -0.3 is 15.0 Å². The number of esters is 1. The summed E-state index contributed by atoms with van der Waals surface area (Å²) in [6.07, 6.45) is -0.131. The second kappa shape index (κ2) is 10.2. The highest BCUT2D eigenvalue weighted by atomic mass is 19.1. The van der Waals surface area contributed by atoms with Crippen molar-refractivity contribution in [3.63, 3.8) is 0 Å². The first-order chi connectivity index (χ1) is 15.3. The second-order valence-electron chi connectivity index (χ2n) is 7.68. The number of ether oxygens (including phenoxy) is 1. The van der Waals surface area contributed by atoms with Gasteiger partial charge >= 0.3 is 5.97 Å². The van der Waals surface area contributed by atoms with Crippen LogP contribution in [-0.4, -0.2) is 35.8 Å². The zero-order valence-electron chi connectivity index (χ0n) is 18.4. The highest BCUT2D eigenvalue weighted by Gasteiger charge is 2.38. The summed E-state index contributed by atoms with van der Waals surface area (Å²) in [5.74, 6) is -2.60. The molecule has 2 aromatic carbocycles. The fraction of sp³-hybridized carbons (Fsp3) is 0.320. The molecule has 0 saturated heterocycles. The molecule has 7 heteroatoms. The monoisotopic (exact) mass is 438 g/mol. The van der Waals surface area contributed by atoms with Crippen LogP contribution >= 0.6 is 0 Å². The van der Waals surface area contributed by atoms with Crippen molar-refractivity contribution in [3.8, 4) is 0 Å². The molecule has 1 heterocycles. The third-order valence-corrected chi connectivity index (χ3v) is 5.58. The lowest BCUT2D eigenvalue weighted by atomic mass is 9.83. The van der Waals surface area contributed by atoms with Gasteiger partial charge in [-0.2, -0.15) is 0 Å². The van der Waals surface area contributed by atoms with Crippen LogP contribution in [-0.2, 0) is 19.1 Å². The first-order valence-corrected chi connectivity index (χ1v) is 10.6. The topological polar surface area (TPSA) is 75.7 Å². The van der Waals surface area contributed by atoms with Crippen LogP contribution in [0.1, 0.15) is 50.3 Å². The Morgan fingerprint density at radius 3 is 2.47 bits per heavy atom. The minimum atomic E-state index is -0.773. The van der Waals surface area contributed by atoms with Crippen LogP contribution in [0.2, 0.25) is 0 Å². The first-order valence-electron chi connectivity index (χ1n) is 10.6. The SMILES string of the molecule is CCOC(=O)C1=C(C)N(CC(=O)N[C@@H](C)c2ccccc2)C(=O)C[C@H]1c1ccccc1F. The molecule has 0 radical (unpaired) electrons. The van der Waals surface area contributed by atoms with Gasteiger partial charge in [0.1, 0.15) is 12.4 Å². The molecule has 1 aliphatic rings. The van der Waals surface area contributed by atoms with Crippen molar-refractivity contribution >= 4 is 17.8 Å². The summed E-state index contributed by atoms with van der Waals surface area (Å²) in [6, 6.07) is 15.3. The predicted molar refractivity (Wildman–Crippen MR) is 118 cm³/mol. The van der Waals surface area contributed by atoms with Crippen molar-refractivity contribution < 1.29 is 23.5 Å². The minimum Gasteiger partial charge on any atom is -0.463 e. The number of nitrogens with one attached hydrogen (secondary N) is 1. The van der Waals surface area contributed by atoms with Crippen LogP contribution in [0.4, 0.5) is 4.39 Å². The van der Waals surface area contributed by atoms with Gasteiger partial charge in [-0.25, -0.2) is 9.18 Å². The van der Waals surface area contributed by atoms with Gasteiger partial charge in [-0.15, -0.1) is 0 Å². The molecule has 1 N–H and O–H groups in total. The van der Waals surface area contributed by atoms with E-state index in [0.29, 0.717) is 5.70 Å².